The summed E-state index contributed by atoms with van der Waals surface area (Å²) in [6, 6.07) is 15.1. The molecule has 2 bridgehead atoms. The van der Waals surface area contributed by atoms with Gasteiger partial charge in [0.25, 0.3) is 0 Å². The highest BCUT2D eigenvalue weighted by Gasteiger charge is 2.34. The van der Waals surface area contributed by atoms with Crippen molar-refractivity contribution in [2.75, 3.05) is 49.6 Å². The highest BCUT2D eigenvalue weighted by atomic mass is 16.5. The number of likely N-dealkylation sites (N-methyl/N-ethyl adjacent to an activating group) is 1. The van der Waals surface area contributed by atoms with Crippen LogP contribution >= 0.6 is 0 Å². The maximum atomic E-state index is 6.30. The Balaban J connectivity index is 1.29. The predicted octanol–water partition coefficient (Wildman–Crippen LogP) is 2.39. The van der Waals surface area contributed by atoms with Gasteiger partial charge in [0.2, 0.25) is 0 Å². The summed E-state index contributed by atoms with van der Waals surface area (Å²) in [5.41, 5.74) is 2.50. The second-order valence-electron chi connectivity index (χ2n) is 11.2. The van der Waals surface area contributed by atoms with Crippen LogP contribution in [0.2, 0.25) is 0 Å². The maximum Gasteiger partial charge on any atom is 0.319 e. The van der Waals surface area contributed by atoms with Gasteiger partial charge in [0.05, 0.1) is 5.35 Å². The number of anilines is 2. The lowest BCUT2D eigenvalue weighted by atomic mass is 10.0. The van der Waals surface area contributed by atoms with Gasteiger partial charge in [0.1, 0.15) is 12.4 Å². The van der Waals surface area contributed by atoms with Gasteiger partial charge in [0.15, 0.2) is 0 Å². The zero-order chi connectivity index (χ0) is 24.9. The van der Waals surface area contributed by atoms with Crippen LogP contribution in [0.5, 0.6) is 6.01 Å². The van der Waals surface area contributed by atoms with E-state index in [0.717, 1.165) is 42.6 Å². The molecule has 3 aromatic rings. The number of hydrogen-bond acceptors (Lipinski definition) is 7. The zero-order valence-corrected chi connectivity index (χ0v) is 21.9. The van der Waals surface area contributed by atoms with E-state index in [1.165, 1.54) is 47.7 Å². The lowest BCUT2D eigenvalue weighted by Gasteiger charge is -2.34. The van der Waals surface area contributed by atoms with E-state index in [4.69, 9.17) is 14.7 Å². The topological polar surface area (TPSA) is 56.8 Å². The van der Waals surface area contributed by atoms with E-state index >= 15 is 0 Å². The molecule has 3 atom stereocenters. The van der Waals surface area contributed by atoms with Crippen LogP contribution in [0.1, 0.15) is 31.2 Å². The van der Waals surface area contributed by atoms with Gasteiger partial charge in [-0.1, -0.05) is 36.4 Å². The first-order chi connectivity index (χ1) is 18.1. The number of hydrogen-bond donors (Lipinski definition) is 1. The van der Waals surface area contributed by atoms with Crippen molar-refractivity contribution in [1.82, 2.24) is 20.2 Å². The van der Waals surface area contributed by atoms with Gasteiger partial charge < -0.3 is 24.8 Å². The van der Waals surface area contributed by atoms with Crippen molar-refractivity contribution in [1.29, 1.82) is 0 Å². The summed E-state index contributed by atoms with van der Waals surface area (Å²) >= 11 is 0. The van der Waals surface area contributed by atoms with Crippen molar-refractivity contribution >= 4 is 34.6 Å². The Bertz CT molecular complexity index is 1440. The van der Waals surface area contributed by atoms with Crippen LogP contribution in [0.3, 0.4) is 0 Å². The van der Waals surface area contributed by atoms with E-state index in [-0.39, 0.29) is 0 Å². The number of nitrogens with zero attached hydrogens (tertiary/aromatic N) is 5. The van der Waals surface area contributed by atoms with Crippen molar-refractivity contribution in [3.8, 4) is 6.01 Å². The number of piperazine rings is 1. The monoisotopic (exact) mass is 496 g/mol. The number of likely N-dealkylation sites (tertiary alicyclic amines) is 1. The molecule has 7 heteroatoms. The second kappa shape index (κ2) is 9.30. The van der Waals surface area contributed by atoms with Crippen molar-refractivity contribution < 1.29 is 4.74 Å². The number of benzene rings is 2. The largest absolute Gasteiger partial charge is 0.462 e. The van der Waals surface area contributed by atoms with E-state index in [1.54, 1.807) is 0 Å². The Morgan fingerprint density at radius 1 is 1.03 bits per heavy atom. The standard InChI is InChI=1S/C30H36N6O/c1-20-6-3-7-21-8-4-10-27(28(20)21)35-15-13-25-26(18-35)32-30(37-19-24-9-5-14-34(24)2)33-29(25)36-16-22-11-12-23(17-36)31-22/h3-4,6-8,10,13,18,22-24,31H,5,9,11-12,14-17,19H2,1-2H3/t22-,23+,24-/m0/s1. The number of rotatable bonds is 5. The van der Waals surface area contributed by atoms with Gasteiger partial charge in [0, 0.05) is 60.3 Å². The van der Waals surface area contributed by atoms with E-state index in [1.807, 2.05) is 0 Å². The van der Waals surface area contributed by atoms with Crippen molar-refractivity contribution in [2.45, 2.75) is 50.7 Å². The molecular weight excluding hydrogens is 460 g/mol. The van der Waals surface area contributed by atoms with Gasteiger partial charge >= 0.3 is 6.01 Å². The van der Waals surface area contributed by atoms with Crippen molar-refractivity contribution in [3.63, 3.8) is 0 Å². The van der Waals surface area contributed by atoms with Crippen molar-refractivity contribution in [2.24, 2.45) is 0 Å². The summed E-state index contributed by atoms with van der Waals surface area (Å²) in [4.78, 5) is 17.2. The quantitative estimate of drug-likeness (QED) is 0.582. The lowest BCUT2D eigenvalue weighted by molar-refractivity contribution is 0.187. The third-order valence-corrected chi connectivity index (χ3v) is 8.70. The minimum absolute atomic E-state index is 0.434. The zero-order valence-electron chi connectivity index (χ0n) is 21.9. The Morgan fingerprint density at radius 2 is 1.84 bits per heavy atom. The van der Waals surface area contributed by atoms with Gasteiger partial charge in [-0.25, -0.2) is 0 Å². The minimum atomic E-state index is 0.434. The molecule has 0 spiro atoms. The predicted molar refractivity (Wildman–Crippen MR) is 150 cm³/mol. The molecule has 4 aliphatic heterocycles. The fourth-order valence-corrected chi connectivity index (χ4v) is 6.69. The van der Waals surface area contributed by atoms with Crippen LogP contribution in [0, 0.1) is 6.92 Å². The third-order valence-electron chi connectivity index (χ3n) is 8.70. The molecular formula is C30H36N6O. The van der Waals surface area contributed by atoms with E-state index < -0.39 is 0 Å². The summed E-state index contributed by atoms with van der Waals surface area (Å²) in [6.07, 6.45) is 9.40. The summed E-state index contributed by atoms with van der Waals surface area (Å²) in [6.45, 7) is 6.74. The molecule has 0 amide bonds. The molecule has 0 unspecified atom stereocenters. The molecule has 3 fully saturated rings. The highest BCUT2D eigenvalue weighted by molar-refractivity contribution is 5.98. The van der Waals surface area contributed by atoms with E-state index in [2.05, 4.69) is 82.7 Å². The summed E-state index contributed by atoms with van der Waals surface area (Å²) in [5, 5.41) is 8.40. The second-order valence-corrected chi connectivity index (χ2v) is 11.2. The molecule has 3 saturated heterocycles. The molecule has 4 aliphatic rings. The van der Waals surface area contributed by atoms with Crippen LogP contribution in [-0.2, 0) is 0 Å². The molecule has 1 aromatic heterocycles. The average Bonchev–Trinajstić information content (AvgIpc) is 3.49. The Kier molecular flexibility index (Phi) is 5.78. The van der Waals surface area contributed by atoms with Gasteiger partial charge in [-0.2, -0.15) is 9.97 Å². The molecule has 0 saturated carbocycles. The van der Waals surface area contributed by atoms with E-state index in [0.29, 0.717) is 30.7 Å². The first-order valence-corrected chi connectivity index (χ1v) is 13.8. The molecule has 2 aromatic carbocycles. The number of ether oxygens (including phenoxy) is 1. The first kappa shape index (κ1) is 23.0. The number of aromatic nitrogens is 2. The third kappa shape index (κ3) is 4.24. The highest BCUT2D eigenvalue weighted by Crippen LogP contribution is 2.30. The van der Waals surface area contributed by atoms with Gasteiger partial charge in [-0.3, -0.25) is 0 Å². The summed E-state index contributed by atoms with van der Waals surface area (Å²) in [7, 11) is 2.18. The first-order valence-electron chi connectivity index (χ1n) is 13.8. The number of nitrogens with one attached hydrogen (secondary N) is 1. The maximum absolute atomic E-state index is 6.30. The minimum Gasteiger partial charge on any atom is -0.462 e. The van der Waals surface area contributed by atoms with Crippen molar-refractivity contribution in [3.05, 3.63) is 52.5 Å². The Labute approximate surface area is 218 Å². The molecule has 5 heterocycles. The van der Waals surface area contributed by atoms with Gasteiger partial charge in [-0.15, -0.1) is 0 Å². The summed E-state index contributed by atoms with van der Waals surface area (Å²) in [5.74, 6) is 1.03. The van der Waals surface area contributed by atoms with Crippen LogP contribution < -0.4 is 30.4 Å². The smallest absolute Gasteiger partial charge is 0.319 e. The molecule has 192 valence electrons. The summed E-state index contributed by atoms with van der Waals surface area (Å²) < 4.78 is 6.30. The van der Waals surface area contributed by atoms with E-state index in [9.17, 15) is 0 Å². The molecule has 7 rings (SSSR count). The molecule has 0 aliphatic carbocycles. The SMILES string of the molecule is Cc1cccc2cccc(N3C=c4nc(OC[C@@H]5CCCN5C)nc(N5C[C@H]6CC[C@@H](C5)N6)c4=CC3)c12. The van der Waals surface area contributed by atoms with Crippen LogP contribution in [0.15, 0.2) is 36.4 Å². The lowest BCUT2D eigenvalue weighted by Crippen LogP contribution is -2.54. The number of fused-ring (bicyclic) bond motifs is 4. The molecule has 7 nitrogen and oxygen atoms in total. The van der Waals surface area contributed by atoms with Crippen LogP contribution in [-0.4, -0.2) is 72.8 Å². The van der Waals surface area contributed by atoms with Crippen LogP contribution in [0.25, 0.3) is 23.0 Å². The molecule has 37 heavy (non-hydrogen) atoms. The Morgan fingerprint density at radius 3 is 2.62 bits per heavy atom. The fourth-order valence-electron chi connectivity index (χ4n) is 6.69. The number of aryl methyl sites for hydroxylation is 1. The van der Waals surface area contributed by atoms with Crippen LogP contribution in [0.4, 0.5) is 11.5 Å². The fraction of sp³-hybridized carbons (Fsp3) is 0.467. The molecule has 0 radical (unpaired) electrons. The average molecular weight is 497 g/mol. The molecule has 1 N–H and O–H groups in total. The Hall–Kier alpha value is -3.16. The van der Waals surface area contributed by atoms with Gasteiger partial charge in [-0.05, 0) is 63.2 Å². The normalized spacial score (nSPS) is 25.2.